The Balaban J connectivity index is 1.58. The molecular weight excluding hydrogens is 589 g/mol. The number of carbonyl (C=O) groups is 2. The summed E-state index contributed by atoms with van der Waals surface area (Å²) in [4.78, 5) is 29.4. The zero-order valence-corrected chi connectivity index (χ0v) is 26.0. The molecule has 1 aliphatic rings. The first-order chi connectivity index (χ1) is 20.6. The third kappa shape index (κ3) is 9.79. The van der Waals surface area contributed by atoms with E-state index >= 15 is 0 Å². The molecule has 7 nitrogen and oxygen atoms in total. The maximum Gasteiger partial charge on any atom is 0.243 e. The van der Waals surface area contributed by atoms with Crippen LogP contribution in [0.1, 0.15) is 56.1 Å². The van der Waals surface area contributed by atoms with Crippen LogP contribution in [0.15, 0.2) is 78.9 Å². The van der Waals surface area contributed by atoms with Crippen molar-refractivity contribution >= 4 is 39.1 Å². The Hall–Kier alpha value is -3.43. The predicted octanol–water partition coefficient (Wildman–Crippen LogP) is 6.11. The molecule has 1 atom stereocenters. The number of hydrogen-bond donors (Lipinski definition) is 1. The zero-order valence-electron chi connectivity index (χ0n) is 24.4. The van der Waals surface area contributed by atoms with Crippen molar-refractivity contribution in [2.45, 2.75) is 70.0 Å². The van der Waals surface area contributed by atoms with E-state index in [0.29, 0.717) is 22.7 Å². The molecule has 4 rings (SSSR count). The summed E-state index contributed by atoms with van der Waals surface area (Å²) in [6.07, 6.45) is 6.74. The third-order valence-corrected chi connectivity index (χ3v) is 9.20. The van der Waals surface area contributed by atoms with Crippen molar-refractivity contribution < 1.29 is 22.4 Å². The summed E-state index contributed by atoms with van der Waals surface area (Å²) in [5, 5.41) is 3.68. The molecule has 43 heavy (non-hydrogen) atoms. The molecule has 1 saturated carbocycles. The molecular formula is C33H39ClFN3O4S. The first-order valence-electron chi connectivity index (χ1n) is 14.7. The number of nitrogens with one attached hydrogen (secondary N) is 1. The van der Waals surface area contributed by atoms with Crippen LogP contribution >= 0.6 is 11.6 Å². The van der Waals surface area contributed by atoms with Crippen LogP contribution in [0.3, 0.4) is 0 Å². The average Bonchev–Trinajstić information content (AvgIpc) is 2.99. The van der Waals surface area contributed by atoms with E-state index in [0.717, 1.165) is 43.9 Å². The molecule has 1 fully saturated rings. The highest BCUT2D eigenvalue weighted by Crippen LogP contribution is 2.23. The molecule has 10 heteroatoms. The van der Waals surface area contributed by atoms with E-state index in [1.807, 2.05) is 30.3 Å². The normalized spacial score (nSPS) is 14.6. The van der Waals surface area contributed by atoms with Gasteiger partial charge in [-0.15, -0.1) is 0 Å². The lowest BCUT2D eigenvalue weighted by atomic mass is 9.94. The van der Waals surface area contributed by atoms with Gasteiger partial charge in [-0.3, -0.25) is 13.9 Å². The standard InChI is InChI=1S/C33H39ClFN3O4S/c1-43(41,42)38(30-20-16-27(34)17-21-30)22-8-13-32(39)37(24-26-14-18-28(35)19-15-26)31(23-25-9-4-2-5-10-25)33(40)36-29-11-6-3-7-12-29/h2,4-5,9-10,14-21,29,31H,3,6-8,11-13,22-24H2,1H3,(H,36,40). The van der Waals surface area contributed by atoms with E-state index in [1.165, 1.54) is 16.4 Å². The summed E-state index contributed by atoms with van der Waals surface area (Å²) in [7, 11) is -3.62. The van der Waals surface area contributed by atoms with Gasteiger partial charge in [-0.05, 0) is 66.8 Å². The van der Waals surface area contributed by atoms with Gasteiger partial charge < -0.3 is 10.2 Å². The van der Waals surface area contributed by atoms with Crippen LogP contribution in [0.4, 0.5) is 10.1 Å². The molecule has 230 valence electrons. The molecule has 1 unspecified atom stereocenters. The second-order valence-corrected chi connectivity index (χ2v) is 13.5. The van der Waals surface area contributed by atoms with Gasteiger partial charge >= 0.3 is 0 Å². The highest BCUT2D eigenvalue weighted by Gasteiger charge is 2.32. The van der Waals surface area contributed by atoms with Crippen molar-refractivity contribution in [1.82, 2.24) is 10.2 Å². The topological polar surface area (TPSA) is 86.8 Å². The Morgan fingerprint density at radius 2 is 1.58 bits per heavy atom. The summed E-state index contributed by atoms with van der Waals surface area (Å²) in [6.45, 7) is 0.190. The summed E-state index contributed by atoms with van der Waals surface area (Å²) in [5.41, 5.74) is 2.06. The number of rotatable bonds is 13. The van der Waals surface area contributed by atoms with Crippen molar-refractivity contribution in [3.05, 3.63) is 101 Å². The Labute approximate surface area is 259 Å². The fourth-order valence-corrected chi connectivity index (χ4v) is 6.59. The van der Waals surface area contributed by atoms with E-state index in [2.05, 4.69) is 5.32 Å². The van der Waals surface area contributed by atoms with Gasteiger partial charge in [0, 0.05) is 37.0 Å². The number of anilines is 1. The van der Waals surface area contributed by atoms with E-state index in [4.69, 9.17) is 11.6 Å². The van der Waals surface area contributed by atoms with Crippen LogP contribution in [0.25, 0.3) is 0 Å². The van der Waals surface area contributed by atoms with Crippen LogP contribution in [-0.2, 0) is 32.6 Å². The van der Waals surface area contributed by atoms with Crippen molar-refractivity contribution in [2.75, 3.05) is 17.1 Å². The minimum atomic E-state index is -3.62. The van der Waals surface area contributed by atoms with E-state index < -0.39 is 16.1 Å². The lowest BCUT2D eigenvalue weighted by molar-refractivity contribution is -0.141. The number of hydrogen-bond acceptors (Lipinski definition) is 4. The van der Waals surface area contributed by atoms with Crippen LogP contribution in [0.2, 0.25) is 5.02 Å². The van der Waals surface area contributed by atoms with Crippen LogP contribution < -0.4 is 9.62 Å². The highest BCUT2D eigenvalue weighted by molar-refractivity contribution is 7.92. The van der Waals surface area contributed by atoms with Crippen LogP contribution in [0.5, 0.6) is 0 Å². The molecule has 0 saturated heterocycles. The predicted molar refractivity (Wildman–Crippen MR) is 169 cm³/mol. The summed E-state index contributed by atoms with van der Waals surface area (Å²) in [5.74, 6) is -0.890. The number of halogens is 2. The number of benzene rings is 3. The zero-order chi connectivity index (χ0) is 30.8. The highest BCUT2D eigenvalue weighted by atomic mass is 35.5. The van der Waals surface area contributed by atoms with Crippen LogP contribution in [0, 0.1) is 5.82 Å². The molecule has 0 aromatic heterocycles. The lowest BCUT2D eigenvalue weighted by Crippen LogP contribution is -2.52. The quantitative estimate of drug-likeness (QED) is 0.248. The number of carbonyl (C=O) groups excluding carboxylic acids is 2. The minimum Gasteiger partial charge on any atom is -0.352 e. The maximum atomic E-state index is 13.9. The van der Waals surface area contributed by atoms with Gasteiger partial charge in [-0.25, -0.2) is 12.8 Å². The molecule has 0 bridgehead atoms. The number of sulfonamides is 1. The molecule has 2 amide bonds. The second-order valence-electron chi connectivity index (χ2n) is 11.1. The fraction of sp³-hybridized carbons (Fsp3) is 0.394. The monoisotopic (exact) mass is 627 g/mol. The second kappa shape index (κ2) is 15.3. The summed E-state index contributed by atoms with van der Waals surface area (Å²) in [6, 6.07) is 21.2. The summed E-state index contributed by atoms with van der Waals surface area (Å²) >= 11 is 5.99. The fourth-order valence-electron chi connectivity index (χ4n) is 5.50. The Bertz CT molecular complexity index is 1450. The Morgan fingerprint density at radius 1 is 0.930 bits per heavy atom. The van der Waals surface area contributed by atoms with Gasteiger partial charge in [-0.1, -0.05) is 73.3 Å². The third-order valence-electron chi connectivity index (χ3n) is 7.76. The van der Waals surface area contributed by atoms with Crippen LogP contribution in [-0.4, -0.2) is 50.0 Å². The van der Waals surface area contributed by atoms with Crippen molar-refractivity contribution in [1.29, 1.82) is 0 Å². The molecule has 0 heterocycles. The van der Waals surface area contributed by atoms with Crippen molar-refractivity contribution in [2.24, 2.45) is 0 Å². The smallest absolute Gasteiger partial charge is 0.243 e. The van der Waals surface area contributed by atoms with Gasteiger partial charge in [0.2, 0.25) is 21.8 Å². The molecule has 0 radical (unpaired) electrons. The SMILES string of the molecule is CS(=O)(=O)N(CCCC(=O)N(Cc1ccc(F)cc1)C(Cc1ccccc1)C(=O)NC1CCCCC1)c1ccc(Cl)cc1. The van der Waals surface area contributed by atoms with Crippen molar-refractivity contribution in [3.63, 3.8) is 0 Å². The van der Waals surface area contributed by atoms with Gasteiger partial charge in [0.05, 0.1) is 11.9 Å². The summed E-state index contributed by atoms with van der Waals surface area (Å²) < 4.78 is 40.2. The first kappa shape index (κ1) is 32.5. The molecule has 0 aliphatic heterocycles. The minimum absolute atomic E-state index is 0.0167. The largest absolute Gasteiger partial charge is 0.352 e. The van der Waals surface area contributed by atoms with E-state index in [1.54, 1.807) is 41.3 Å². The molecule has 1 N–H and O–H groups in total. The molecule has 3 aromatic rings. The van der Waals surface area contributed by atoms with Gasteiger partial charge in [0.1, 0.15) is 11.9 Å². The molecule has 1 aliphatic carbocycles. The first-order valence-corrected chi connectivity index (χ1v) is 16.9. The lowest BCUT2D eigenvalue weighted by Gasteiger charge is -2.34. The molecule has 3 aromatic carbocycles. The van der Waals surface area contributed by atoms with Gasteiger partial charge in [0.25, 0.3) is 0 Å². The molecule has 0 spiro atoms. The van der Waals surface area contributed by atoms with Gasteiger partial charge in [-0.2, -0.15) is 0 Å². The number of amides is 2. The Morgan fingerprint density at radius 3 is 2.21 bits per heavy atom. The average molecular weight is 628 g/mol. The Kier molecular flexibility index (Phi) is 11.6. The van der Waals surface area contributed by atoms with Gasteiger partial charge in [0.15, 0.2) is 0 Å². The number of nitrogens with zero attached hydrogens (tertiary/aromatic N) is 2. The van der Waals surface area contributed by atoms with E-state index in [-0.39, 0.29) is 49.6 Å². The van der Waals surface area contributed by atoms with Crippen molar-refractivity contribution in [3.8, 4) is 0 Å². The maximum absolute atomic E-state index is 13.9. The van der Waals surface area contributed by atoms with E-state index in [9.17, 15) is 22.4 Å².